The molecule has 1 aliphatic carbocycles. The molecule has 1 heteroatoms. The average Bonchev–Trinajstić information content (AvgIpc) is 2.81. The molecule has 2 aromatic carbocycles. The topological polar surface area (TPSA) is 12.0 Å². The molecule has 2 aromatic rings. The third kappa shape index (κ3) is 3.03. The molecule has 1 nitrogen and oxygen atoms in total. The summed E-state index contributed by atoms with van der Waals surface area (Å²) in [6.07, 6.45) is 3.92. The highest BCUT2D eigenvalue weighted by atomic mass is 14.9. The number of hydrogen-bond donors (Lipinski definition) is 1. The second-order valence-electron chi connectivity index (χ2n) is 6.45. The maximum Gasteiger partial charge on any atom is 0.0588 e. The van der Waals surface area contributed by atoms with Crippen molar-refractivity contribution >= 4 is 0 Å². The third-order valence-corrected chi connectivity index (χ3v) is 4.39. The molecule has 0 atom stereocenters. The van der Waals surface area contributed by atoms with Crippen LogP contribution in [0.25, 0.3) is 11.1 Å². The summed E-state index contributed by atoms with van der Waals surface area (Å²) in [4.78, 5) is 0. The van der Waals surface area contributed by atoms with Crippen LogP contribution in [0.1, 0.15) is 50.3 Å². The van der Waals surface area contributed by atoms with Crippen LogP contribution in [-0.4, -0.2) is 6.54 Å². The van der Waals surface area contributed by atoms with Crippen LogP contribution in [0, 0.1) is 5.92 Å². The molecular weight excluding hydrogens is 254 g/mol. The minimum atomic E-state index is 0.372. The van der Waals surface area contributed by atoms with E-state index in [-0.39, 0.29) is 0 Å². The molecule has 0 aliphatic heterocycles. The van der Waals surface area contributed by atoms with Crippen LogP contribution in [0.2, 0.25) is 0 Å². The quantitative estimate of drug-likeness (QED) is 0.719. The van der Waals surface area contributed by atoms with E-state index in [0.29, 0.717) is 6.04 Å². The molecule has 0 spiro atoms. The first-order chi connectivity index (χ1) is 10.3. The van der Waals surface area contributed by atoms with Gasteiger partial charge in [0.1, 0.15) is 0 Å². The smallest absolute Gasteiger partial charge is 0.0588 e. The van der Waals surface area contributed by atoms with Crippen LogP contribution >= 0.6 is 0 Å². The summed E-state index contributed by atoms with van der Waals surface area (Å²) >= 11 is 0. The Morgan fingerprint density at radius 2 is 1.43 bits per heavy atom. The van der Waals surface area contributed by atoms with E-state index in [4.69, 9.17) is 0 Å². The number of fused-ring (bicyclic) bond motifs is 3. The first-order valence-corrected chi connectivity index (χ1v) is 8.19. The van der Waals surface area contributed by atoms with E-state index < -0.39 is 0 Å². The number of nitrogens with one attached hydrogen (secondary N) is 1. The van der Waals surface area contributed by atoms with Crippen molar-refractivity contribution in [3.8, 4) is 11.1 Å². The zero-order valence-corrected chi connectivity index (χ0v) is 13.1. The van der Waals surface area contributed by atoms with Gasteiger partial charge in [-0.15, -0.1) is 0 Å². The molecule has 1 N–H and O–H groups in total. The van der Waals surface area contributed by atoms with E-state index in [2.05, 4.69) is 67.7 Å². The van der Waals surface area contributed by atoms with Crippen molar-refractivity contribution < 1.29 is 0 Å². The van der Waals surface area contributed by atoms with Crippen molar-refractivity contribution in [3.05, 3.63) is 59.7 Å². The van der Waals surface area contributed by atoms with E-state index in [1.165, 1.54) is 41.5 Å². The van der Waals surface area contributed by atoms with Crippen LogP contribution in [0.4, 0.5) is 0 Å². The Morgan fingerprint density at radius 3 is 2.00 bits per heavy atom. The lowest BCUT2D eigenvalue weighted by molar-refractivity contribution is 0.508. The molecular formula is C20H25N. The van der Waals surface area contributed by atoms with Crippen LogP contribution in [0.3, 0.4) is 0 Å². The van der Waals surface area contributed by atoms with Crippen molar-refractivity contribution in [1.82, 2.24) is 5.32 Å². The number of unbranched alkanes of at least 4 members (excludes halogenated alkanes) is 1. The van der Waals surface area contributed by atoms with Gasteiger partial charge in [0.15, 0.2) is 0 Å². The molecule has 0 aromatic heterocycles. The van der Waals surface area contributed by atoms with Gasteiger partial charge in [0.2, 0.25) is 0 Å². The normalized spacial score (nSPS) is 13.5. The zero-order chi connectivity index (χ0) is 14.7. The maximum absolute atomic E-state index is 3.77. The van der Waals surface area contributed by atoms with Gasteiger partial charge in [-0.2, -0.15) is 0 Å². The molecule has 0 heterocycles. The van der Waals surface area contributed by atoms with E-state index in [0.717, 1.165) is 12.5 Å². The lowest BCUT2D eigenvalue weighted by Crippen LogP contribution is -2.21. The fraction of sp³-hybridized carbons (Fsp3) is 0.400. The van der Waals surface area contributed by atoms with Gasteiger partial charge in [0.25, 0.3) is 0 Å². The summed E-state index contributed by atoms with van der Waals surface area (Å²) in [5.41, 5.74) is 5.66. The fourth-order valence-electron chi connectivity index (χ4n) is 3.30. The van der Waals surface area contributed by atoms with Crippen LogP contribution in [0.15, 0.2) is 48.5 Å². The first-order valence-electron chi connectivity index (χ1n) is 8.19. The molecule has 0 fully saturated rings. The molecule has 0 saturated heterocycles. The van der Waals surface area contributed by atoms with Gasteiger partial charge in [-0.25, -0.2) is 0 Å². The van der Waals surface area contributed by atoms with Crippen molar-refractivity contribution in [2.45, 2.75) is 39.2 Å². The van der Waals surface area contributed by atoms with Gasteiger partial charge in [-0.3, -0.25) is 0 Å². The zero-order valence-electron chi connectivity index (χ0n) is 13.1. The van der Waals surface area contributed by atoms with Crippen molar-refractivity contribution in [3.63, 3.8) is 0 Å². The number of benzene rings is 2. The minimum absolute atomic E-state index is 0.372. The first kappa shape index (κ1) is 14.3. The van der Waals surface area contributed by atoms with E-state index in [9.17, 15) is 0 Å². The summed E-state index contributed by atoms with van der Waals surface area (Å²) in [5.74, 6) is 0.818. The van der Waals surface area contributed by atoms with E-state index in [1.807, 2.05) is 0 Å². The van der Waals surface area contributed by atoms with Gasteiger partial charge < -0.3 is 5.32 Å². The van der Waals surface area contributed by atoms with Crippen LogP contribution in [0.5, 0.6) is 0 Å². The Balaban J connectivity index is 1.70. The SMILES string of the molecule is CC(C)CCCCNC1c2ccccc2-c2ccccc21. The Morgan fingerprint density at radius 1 is 0.857 bits per heavy atom. The Kier molecular flexibility index (Phi) is 4.40. The lowest BCUT2D eigenvalue weighted by Gasteiger charge is -2.16. The molecule has 3 rings (SSSR count). The predicted octanol–water partition coefficient (Wildman–Crippen LogP) is 5.17. The summed E-state index contributed by atoms with van der Waals surface area (Å²) in [6.45, 7) is 5.70. The lowest BCUT2D eigenvalue weighted by atomic mass is 10.0. The average molecular weight is 279 g/mol. The van der Waals surface area contributed by atoms with Crippen molar-refractivity contribution in [2.24, 2.45) is 5.92 Å². The summed E-state index contributed by atoms with van der Waals surface area (Å²) < 4.78 is 0. The van der Waals surface area contributed by atoms with Gasteiger partial charge in [-0.1, -0.05) is 75.2 Å². The Labute approximate surface area is 128 Å². The molecule has 0 saturated carbocycles. The minimum Gasteiger partial charge on any atom is -0.306 e. The van der Waals surface area contributed by atoms with E-state index in [1.54, 1.807) is 0 Å². The Hall–Kier alpha value is -1.60. The molecule has 1 aliphatic rings. The van der Waals surface area contributed by atoms with Crippen molar-refractivity contribution in [2.75, 3.05) is 6.54 Å². The number of hydrogen-bond acceptors (Lipinski definition) is 1. The second kappa shape index (κ2) is 6.44. The van der Waals surface area contributed by atoms with Crippen LogP contribution in [-0.2, 0) is 0 Å². The summed E-state index contributed by atoms with van der Waals surface area (Å²) in [5, 5.41) is 3.77. The highest BCUT2D eigenvalue weighted by molar-refractivity contribution is 5.78. The standard InChI is InChI=1S/C20H25N/c1-15(2)9-7-8-14-21-20-18-12-5-3-10-16(18)17-11-4-6-13-19(17)20/h3-6,10-13,15,20-21H,7-9,14H2,1-2H3. The van der Waals surface area contributed by atoms with Gasteiger partial charge in [0, 0.05) is 0 Å². The molecule has 0 unspecified atom stereocenters. The van der Waals surface area contributed by atoms with Gasteiger partial charge in [-0.05, 0) is 41.1 Å². The predicted molar refractivity (Wildman–Crippen MR) is 90.4 cm³/mol. The highest BCUT2D eigenvalue weighted by Gasteiger charge is 2.26. The van der Waals surface area contributed by atoms with Crippen molar-refractivity contribution in [1.29, 1.82) is 0 Å². The molecule has 21 heavy (non-hydrogen) atoms. The molecule has 110 valence electrons. The van der Waals surface area contributed by atoms with Gasteiger partial charge >= 0.3 is 0 Å². The molecule has 0 amide bonds. The largest absolute Gasteiger partial charge is 0.306 e. The van der Waals surface area contributed by atoms with Crippen LogP contribution < -0.4 is 5.32 Å². The number of rotatable bonds is 6. The van der Waals surface area contributed by atoms with E-state index >= 15 is 0 Å². The second-order valence-corrected chi connectivity index (χ2v) is 6.45. The molecule has 0 radical (unpaired) electrons. The monoisotopic (exact) mass is 279 g/mol. The molecule has 0 bridgehead atoms. The fourth-order valence-corrected chi connectivity index (χ4v) is 3.30. The maximum atomic E-state index is 3.77. The third-order valence-electron chi connectivity index (χ3n) is 4.39. The highest BCUT2D eigenvalue weighted by Crippen LogP contribution is 2.42. The Bertz CT molecular complexity index is 555. The van der Waals surface area contributed by atoms with Gasteiger partial charge in [0.05, 0.1) is 6.04 Å². The summed E-state index contributed by atoms with van der Waals surface area (Å²) in [6, 6.07) is 18.0. The summed E-state index contributed by atoms with van der Waals surface area (Å²) in [7, 11) is 0.